The molecule has 10 heteroatoms. The average Bonchev–Trinajstić information content (AvgIpc) is 2.76. The second kappa shape index (κ2) is 8.74. The van der Waals surface area contributed by atoms with Gasteiger partial charge in [0.2, 0.25) is 5.91 Å². The molecule has 1 amide bonds. The molecule has 0 unspecified atom stereocenters. The molecular formula is C22H19B2N7O. The number of benzene rings is 1. The van der Waals surface area contributed by atoms with E-state index >= 15 is 0 Å². The van der Waals surface area contributed by atoms with Crippen LogP contribution in [0.4, 0.5) is 5.82 Å². The summed E-state index contributed by atoms with van der Waals surface area (Å²) >= 11 is 0. The Bertz CT molecular complexity index is 1310. The third kappa shape index (κ3) is 4.16. The van der Waals surface area contributed by atoms with Gasteiger partial charge < -0.3 is 11.1 Å². The fourth-order valence-electron chi connectivity index (χ4n) is 3.65. The number of hydrogen-bond donors (Lipinski definition) is 2. The average molecular weight is 419 g/mol. The largest absolute Gasteiger partial charge is 0.369 e. The van der Waals surface area contributed by atoms with E-state index in [0.717, 1.165) is 16.5 Å². The minimum atomic E-state index is -0.479. The second-order valence-corrected chi connectivity index (χ2v) is 7.45. The van der Waals surface area contributed by atoms with Gasteiger partial charge in [0, 0.05) is 35.7 Å². The summed E-state index contributed by atoms with van der Waals surface area (Å²) in [5.41, 5.74) is 9.24. The number of aromatic nitrogens is 5. The maximum atomic E-state index is 11.8. The first-order valence-electron chi connectivity index (χ1n) is 9.98. The quantitative estimate of drug-likeness (QED) is 0.442. The van der Waals surface area contributed by atoms with Crippen LogP contribution in [0.25, 0.3) is 22.2 Å². The monoisotopic (exact) mass is 419 g/mol. The molecule has 0 fully saturated rings. The second-order valence-electron chi connectivity index (χ2n) is 7.45. The van der Waals surface area contributed by atoms with E-state index in [2.05, 4.69) is 37.2 Å². The predicted octanol–water partition coefficient (Wildman–Crippen LogP) is 0.692. The Kier molecular flexibility index (Phi) is 5.85. The molecule has 0 aliphatic rings. The van der Waals surface area contributed by atoms with Crippen LogP contribution in [-0.4, -0.2) is 53.1 Å². The van der Waals surface area contributed by atoms with E-state index in [-0.39, 0.29) is 17.1 Å². The number of amides is 1. The molecule has 1 atom stereocenters. The van der Waals surface area contributed by atoms with Crippen molar-refractivity contribution in [2.24, 2.45) is 5.73 Å². The number of nitrogens with two attached hydrogens (primary N) is 1. The third-order valence-corrected chi connectivity index (χ3v) is 5.19. The predicted molar refractivity (Wildman–Crippen MR) is 126 cm³/mol. The Hall–Kier alpha value is -3.81. The van der Waals surface area contributed by atoms with Gasteiger partial charge in [-0.15, -0.1) is 0 Å². The van der Waals surface area contributed by atoms with Gasteiger partial charge >= 0.3 is 0 Å². The summed E-state index contributed by atoms with van der Waals surface area (Å²) in [7, 11) is 12.1. The molecule has 1 aromatic carbocycles. The minimum absolute atomic E-state index is 0.0607. The molecule has 0 saturated carbocycles. The van der Waals surface area contributed by atoms with E-state index in [4.69, 9.17) is 21.4 Å². The molecule has 0 spiro atoms. The van der Waals surface area contributed by atoms with Crippen molar-refractivity contribution < 1.29 is 4.79 Å². The number of hydrogen-bond acceptors (Lipinski definition) is 7. The Morgan fingerprint density at radius 3 is 2.59 bits per heavy atom. The van der Waals surface area contributed by atoms with Crippen LogP contribution in [0.1, 0.15) is 34.6 Å². The summed E-state index contributed by atoms with van der Waals surface area (Å²) < 4.78 is 0. The number of aryl methyl sites for hydroxylation is 1. The van der Waals surface area contributed by atoms with Gasteiger partial charge in [-0.1, -0.05) is 25.1 Å². The molecule has 0 saturated heterocycles. The molecule has 3 heterocycles. The molecule has 0 bridgehead atoms. The van der Waals surface area contributed by atoms with E-state index in [1.807, 2.05) is 18.2 Å². The molecule has 0 aliphatic heterocycles. The molecule has 3 N–H and O–H groups in total. The minimum Gasteiger partial charge on any atom is -0.369 e. The van der Waals surface area contributed by atoms with Crippen molar-refractivity contribution in [1.29, 1.82) is 0 Å². The van der Waals surface area contributed by atoms with Crippen molar-refractivity contribution in [3.63, 3.8) is 0 Å². The van der Waals surface area contributed by atoms with E-state index in [1.54, 1.807) is 25.3 Å². The van der Waals surface area contributed by atoms with E-state index in [0.29, 0.717) is 35.0 Å². The standard InChI is InChI=1S/C22H19B2N7O/c1-11(13-4-3-5-14-15(22(25)32)6-7-26-19(13)14)9-27-17-8-16(28-10-29-17)18-20(23)30-12(2)31-21(18)24/h3-8,10-11H,9H2,1-2H3,(H2,25,32)(H,27,28,29)/t11-/m1/s1. The van der Waals surface area contributed by atoms with Crippen LogP contribution in [-0.2, 0) is 0 Å². The molecule has 4 radical (unpaired) electrons. The molecular weight excluding hydrogens is 400 g/mol. The zero-order valence-corrected chi connectivity index (χ0v) is 17.7. The Labute approximate surface area is 188 Å². The van der Waals surface area contributed by atoms with Crippen molar-refractivity contribution in [2.45, 2.75) is 19.8 Å². The molecule has 3 aromatic heterocycles. The number of carbonyl (C=O) groups excluding carboxylic acids is 1. The van der Waals surface area contributed by atoms with Gasteiger partial charge in [0.25, 0.3) is 0 Å². The zero-order valence-electron chi connectivity index (χ0n) is 17.7. The Morgan fingerprint density at radius 1 is 1.12 bits per heavy atom. The van der Waals surface area contributed by atoms with Crippen LogP contribution in [0.2, 0.25) is 0 Å². The third-order valence-electron chi connectivity index (χ3n) is 5.19. The van der Waals surface area contributed by atoms with Crippen LogP contribution in [0.5, 0.6) is 0 Å². The lowest BCUT2D eigenvalue weighted by Gasteiger charge is -2.16. The number of nitrogens with one attached hydrogen (secondary N) is 1. The van der Waals surface area contributed by atoms with Crippen molar-refractivity contribution in [3.8, 4) is 11.3 Å². The van der Waals surface area contributed by atoms with E-state index in [9.17, 15) is 4.79 Å². The van der Waals surface area contributed by atoms with Gasteiger partial charge in [-0.05, 0) is 29.7 Å². The van der Waals surface area contributed by atoms with Gasteiger partial charge in [-0.2, -0.15) is 0 Å². The van der Waals surface area contributed by atoms with Crippen molar-refractivity contribution in [1.82, 2.24) is 24.9 Å². The first-order chi connectivity index (χ1) is 15.3. The summed E-state index contributed by atoms with van der Waals surface area (Å²) in [6, 6.07) is 9.12. The highest BCUT2D eigenvalue weighted by molar-refractivity contribution is 6.41. The fourth-order valence-corrected chi connectivity index (χ4v) is 3.65. The normalized spacial score (nSPS) is 11.9. The van der Waals surface area contributed by atoms with Gasteiger partial charge in [0.15, 0.2) is 0 Å². The first kappa shape index (κ1) is 21.4. The highest BCUT2D eigenvalue weighted by Crippen LogP contribution is 2.26. The highest BCUT2D eigenvalue weighted by Gasteiger charge is 2.15. The van der Waals surface area contributed by atoms with Crippen molar-refractivity contribution in [3.05, 3.63) is 59.8 Å². The van der Waals surface area contributed by atoms with Gasteiger partial charge in [-0.3, -0.25) is 9.78 Å². The molecule has 32 heavy (non-hydrogen) atoms. The number of pyridine rings is 1. The zero-order chi connectivity index (χ0) is 22.8. The number of anilines is 1. The summed E-state index contributed by atoms with van der Waals surface area (Å²) in [6.07, 6.45) is 3.03. The number of fused-ring (bicyclic) bond motifs is 1. The molecule has 8 nitrogen and oxygen atoms in total. The summed E-state index contributed by atoms with van der Waals surface area (Å²) in [5.74, 6) is 0.679. The van der Waals surface area contributed by atoms with Crippen LogP contribution < -0.4 is 22.2 Å². The molecule has 154 valence electrons. The lowest BCUT2D eigenvalue weighted by Crippen LogP contribution is -2.27. The Morgan fingerprint density at radius 2 is 1.88 bits per heavy atom. The number of rotatable bonds is 6. The maximum absolute atomic E-state index is 11.8. The molecule has 4 rings (SSSR count). The number of para-hydroxylation sites is 1. The van der Waals surface area contributed by atoms with Crippen molar-refractivity contribution in [2.75, 3.05) is 11.9 Å². The fraction of sp³-hybridized carbons (Fsp3) is 0.182. The van der Waals surface area contributed by atoms with Crippen LogP contribution in [0.3, 0.4) is 0 Å². The highest BCUT2D eigenvalue weighted by atomic mass is 16.1. The first-order valence-corrected chi connectivity index (χ1v) is 9.98. The van der Waals surface area contributed by atoms with Crippen molar-refractivity contribution >= 4 is 49.5 Å². The lowest BCUT2D eigenvalue weighted by molar-refractivity contribution is 0.100. The topological polar surface area (TPSA) is 120 Å². The molecule has 0 aliphatic carbocycles. The summed E-state index contributed by atoms with van der Waals surface area (Å²) in [6.45, 7) is 4.35. The Balaban J connectivity index is 1.59. The van der Waals surface area contributed by atoms with E-state index in [1.165, 1.54) is 6.33 Å². The van der Waals surface area contributed by atoms with Crippen LogP contribution in [0, 0.1) is 6.92 Å². The number of nitrogens with zero attached hydrogens (tertiary/aromatic N) is 5. The van der Waals surface area contributed by atoms with Gasteiger partial charge in [0.1, 0.15) is 33.7 Å². The van der Waals surface area contributed by atoms with Crippen LogP contribution in [0.15, 0.2) is 42.9 Å². The SMILES string of the molecule is [B]c1nc(C)nc([B])c1-c1cc(NC[C@@H](C)c2cccc3c(C(N)=O)ccnc23)ncn1. The van der Waals surface area contributed by atoms with Gasteiger partial charge in [-0.25, -0.2) is 19.9 Å². The summed E-state index contributed by atoms with van der Waals surface area (Å²) in [4.78, 5) is 33.1. The maximum Gasteiger partial charge on any atom is 0.249 e. The number of carbonyl (C=O) groups is 1. The lowest BCUT2D eigenvalue weighted by atomic mass is 9.87. The van der Waals surface area contributed by atoms with Gasteiger partial charge in [0.05, 0.1) is 16.8 Å². The molecule has 4 aromatic rings. The van der Waals surface area contributed by atoms with E-state index < -0.39 is 5.91 Å². The smallest absolute Gasteiger partial charge is 0.249 e. The van der Waals surface area contributed by atoms with Crippen LogP contribution >= 0.6 is 0 Å². The summed E-state index contributed by atoms with van der Waals surface area (Å²) in [5, 5.41) is 4.05. The number of primary amides is 1.